The fraction of sp³-hybridized carbons (Fsp3) is 0.138. The standard InChI is InChI=1S/C29H20F6OS/c1-2-3-4-16-5-7-17(8-6-16)18-9-10-21(22(30)11-18)19-12-23(31)27(24(32)13-19)29(37)36-20-14-25(33)28(35)26(34)15-20/h5-15H,2-4H2,1H3. The second-order valence-electron chi connectivity index (χ2n) is 8.40. The first-order valence-electron chi connectivity index (χ1n) is 11.4. The fourth-order valence-electron chi connectivity index (χ4n) is 3.85. The summed E-state index contributed by atoms with van der Waals surface area (Å²) >= 11 is 4.87. The average molecular weight is 531 g/mol. The van der Waals surface area contributed by atoms with Gasteiger partial charge < -0.3 is 4.74 Å². The van der Waals surface area contributed by atoms with Gasteiger partial charge in [-0.15, -0.1) is 0 Å². The van der Waals surface area contributed by atoms with Crippen molar-refractivity contribution in [1.29, 1.82) is 0 Å². The van der Waals surface area contributed by atoms with Crippen LogP contribution in [0, 0.1) is 34.9 Å². The minimum atomic E-state index is -1.72. The van der Waals surface area contributed by atoms with Crippen LogP contribution in [-0.4, -0.2) is 5.05 Å². The molecule has 0 N–H and O–H groups in total. The topological polar surface area (TPSA) is 9.23 Å². The van der Waals surface area contributed by atoms with Crippen LogP contribution in [0.3, 0.4) is 0 Å². The highest BCUT2D eigenvalue weighted by molar-refractivity contribution is 7.80. The number of aryl methyl sites for hydroxylation is 1. The minimum Gasteiger partial charge on any atom is -0.445 e. The van der Waals surface area contributed by atoms with E-state index in [0.29, 0.717) is 17.7 Å². The Kier molecular flexibility index (Phi) is 7.97. The van der Waals surface area contributed by atoms with E-state index in [1.807, 2.05) is 24.3 Å². The van der Waals surface area contributed by atoms with E-state index in [9.17, 15) is 26.3 Å². The van der Waals surface area contributed by atoms with Gasteiger partial charge in [0, 0.05) is 17.7 Å². The van der Waals surface area contributed by atoms with Crippen molar-refractivity contribution in [1.82, 2.24) is 0 Å². The summed E-state index contributed by atoms with van der Waals surface area (Å²) < 4.78 is 89.6. The smallest absolute Gasteiger partial charge is 0.203 e. The van der Waals surface area contributed by atoms with Crippen LogP contribution in [0.1, 0.15) is 30.9 Å². The summed E-state index contributed by atoms with van der Waals surface area (Å²) in [6.07, 6.45) is 3.13. The summed E-state index contributed by atoms with van der Waals surface area (Å²) in [4.78, 5) is 0. The lowest BCUT2D eigenvalue weighted by atomic mass is 9.97. The molecular weight excluding hydrogens is 510 g/mol. The first kappa shape index (κ1) is 26.4. The van der Waals surface area contributed by atoms with E-state index in [0.717, 1.165) is 37.0 Å². The first-order valence-corrected chi connectivity index (χ1v) is 11.8. The van der Waals surface area contributed by atoms with Crippen LogP contribution in [0.15, 0.2) is 66.7 Å². The Morgan fingerprint density at radius 3 is 1.81 bits per heavy atom. The Balaban J connectivity index is 1.58. The molecule has 0 bridgehead atoms. The molecule has 190 valence electrons. The maximum absolute atomic E-state index is 15.0. The average Bonchev–Trinajstić information content (AvgIpc) is 2.85. The second kappa shape index (κ2) is 11.2. The summed E-state index contributed by atoms with van der Waals surface area (Å²) in [5.74, 6) is -8.44. The lowest BCUT2D eigenvalue weighted by Crippen LogP contribution is -2.13. The zero-order chi connectivity index (χ0) is 26.7. The van der Waals surface area contributed by atoms with Gasteiger partial charge in [-0.2, -0.15) is 0 Å². The quantitative estimate of drug-likeness (QED) is 0.134. The molecule has 0 aromatic heterocycles. The van der Waals surface area contributed by atoms with Crippen molar-refractivity contribution < 1.29 is 31.1 Å². The summed E-state index contributed by atoms with van der Waals surface area (Å²) in [6, 6.07) is 14.8. The third-order valence-electron chi connectivity index (χ3n) is 5.80. The van der Waals surface area contributed by atoms with Crippen molar-refractivity contribution in [3.05, 3.63) is 113 Å². The van der Waals surface area contributed by atoms with E-state index < -0.39 is 51.3 Å². The molecule has 4 aromatic carbocycles. The normalized spacial score (nSPS) is 11.0. The number of unbranched alkanes of at least 4 members (excludes halogenated alkanes) is 1. The lowest BCUT2D eigenvalue weighted by molar-refractivity contribution is 0.435. The molecule has 0 unspecified atom stereocenters. The summed E-state index contributed by atoms with van der Waals surface area (Å²) in [6.45, 7) is 2.12. The molecule has 4 aromatic rings. The second-order valence-corrected chi connectivity index (χ2v) is 8.77. The van der Waals surface area contributed by atoms with Crippen LogP contribution >= 0.6 is 12.2 Å². The Morgan fingerprint density at radius 1 is 0.676 bits per heavy atom. The van der Waals surface area contributed by atoms with Gasteiger partial charge in [-0.1, -0.05) is 49.7 Å². The van der Waals surface area contributed by atoms with Crippen molar-refractivity contribution >= 4 is 17.3 Å². The van der Waals surface area contributed by atoms with Gasteiger partial charge >= 0.3 is 0 Å². The van der Waals surface area contributed by atoms with Crippen molar-refractivity contribution in [3.8, 4) is 28.0 Å². The predicted octanol–water partition coefficient (Wildman–Crippen LogP) is 8.95. The van der Waals surface area contributed by atoms with Crippen molar-refractivity contribution in [2.45, 2.75) is 26.2 Å². The number of hydrogen-bond acceptors (Lipinski definition) is 2. The predicted molar refractivity (Wildman–Crippen MR) is 134 cm³/mol. The Bertz CT molecular complexity index is 1420. The van der Waals surface area contributed by atoms with E-state index in [1.54, 1.807) is 6.07 Å². The highest BCUT2D eigenvalue weighted by atomic mass is 32.1. The third-order valence-corrected chi connectivity index (χ3v) is 6.09. The van der Waals surface area contributed by atoms with Gasteiger partial charge in [-0.25, -0.2) is 26.3 Å². The molecular formula is C29H20F6OS. The van der Waals surface area contributed by atoms with E-state index in [1.165, 1.54) is 17.7 Å². The van der Waals surface area contributed by atoms with Gasteiger partial charge in [-0.05, 0) is 65.5 Å². The Hall–Kier alpha value is -3.65. The molecule has 0 atom stereocenters. The van der Waals surface area contributed by atoms with Gasteiger partial charge in [0.1, 0.15) is 28.8 Å². The zero-order valence-corrected chi connectivity index (χ0v) is 20.4. The Morgan fingerprint density at radius 2 is 1.24 bits per heavy atom. The van der Waals surface area contributed by atoms with Crippen LogP contribution < -0.4 is 4.74 Å². The molecule has 0 spiro atoms. The maximum Gasteiger partial charge on any atom is 0.203 e. The van der Waals surface area contributed by atoms with Crippen LogP contribution in [0.5, 0.6) is 5.75 Å². The molecule has 0 aliphatic carbocycles. The number of thiocarbonyl (C=S) groups is 1. The first-order chi connectivity index (χ1) is 17.7. The van der Waals surface area contributed by atoms with Crippen LogP contribution in [0.2, 0.25) is 0 Å². The molecule has 0 aliphatic heterocycles. The maximum atomic E-state index is 15.0. The summed E-state index contributed by atoms with van der Waals surface area (Å²) in [5.41, 5.74) is 1.68. The molecule has 37 heavy (non-hydrogen) atoms. The Labute approximate surface area is 215 Å². The largest absolute Gasteiger partial charge is 0.445 e. The van der Waals surface area contributed by atoms with Gasteiger partial charge in [0.2, 0.25) is 5.05 Å². The fourth-order valence-corrected chi connectivity index (χ4v) is 4.14. The van der Waals surface area contributed by atoms with E-state index in [4.69, 9.17) is 17.0 Å². The molecule has 4 rings (SSSR count). The van der Waals surface area contributed by atoms with Gasteiger partial charge in [0.05, 0.1) is 0 Å². The number of hydrogen-bond donors (Lipinski definition) is 0. The molecule has 0 amide bonds. The molecule has 0 saturated carbocycles. The number of rotatable bonds is 7. The third kappa shape index (κ3) is 5.85. The molecule has 0 saturated heterocycles. The number of halogens is 6. The van der Waals surface area contributed by atoms with Crippen molar-refractivity contribution in [3.63, 3.8) is 0 Å². The van der Waals surface area contributed by atoms with Crippen LogP contribution in [-0.2, 0) is 6.42 Å². The highest BCUT2D eigenvalue weighted by Gasteiger charge is 2.21. The van der Waals surface area contributed by atoms with Crippen LogP contribution in [0.25, 0.3) is 22.3 Å². The molecule has 0 heterocycles. The zero-order valence-electron chi connectivity index (χ0n) is 19.6. The van der Waals surface area contributed by atoms with Crippen molar-refractivity contribution in [2.75, 3.05) is 0 Å². The van der Waals surface area contributed by atoms with E-state index in [-0.39, 0.29) is 11.1 Å². The minimum absolute atomic E-state index is 0.0396. The molecule has 0 radical (unpaired) electrons. The van der Waals surface area contributed by atoms with Gasteiger partial charge in [0.15, 0.2) is 17.5 Å². The van der Waals surface area contributed by atoms with Gasteiger partial charge in [0.25, 0.3) is 0 Å². The summed E-state index contributed by atoms with van der Waals surface area (Å²) in [5, 5.41) is -0.773. The monoisotopic (exact) mass is 530 g/mol. The van der Waals surface area contributed by atoms with Gasteiger partial charge in [-0.3, -0.25) is 0 Å². The highest BCUT2D eigenvalue weighted by Crippen LogP contribution is 2.31. The van der Waals surface area contributed by atoms with E-state index in [2.05, 4.69) is 6.92 Å². The number of ether oxygens (including phenoxy) is 1. The lowest BCUT2D eigenvalue weighted by Gasteiger charge is -2.12. The molecule has 8 heteroatoms. The molecule has 1 nitrogen and oxygen atoms in total. The SMILES string of the molecule is CCCCc1ccc(-c2ccc(-c3cc(F)c(C(=S)Oc4cc(F)c(F)c(F)c4)c(F)c3)c(F)c2)cc1. The van der Waals surface area contributed by atoms with Crippen LogP contribution in [0.4, 0.5) is 26.3 Å². The molecule has 0 aliphatic rings. The summed E-state index contributed by atoms with van der Waals surface area (Å²) in [7, 11) is 0. The van der Waals surface area contributed by atoms with Crippen molar-refractivity contribution in [2.24, 2.45) is 0 Å². The van der Waals surface area contributed by atoms with E-state index >= 15 is 0 Å². The number of benzene rings is 4. The molecule has 0 fully saturated rings.